The first-order valence-electron chi connectivity index (χ1n) is 11.4. The molecule has 36 heavy (non-hydrogen) atoms. The van der Waals surface area contributed by atoms with Gasteiger partial charge in [0.2, 0.25) is 12.5 Å². The molecule has 0 aromatic heterocycles. The van der Waals surface area contributed by atoms with Crippen molar-refractivity contribution in [2.45, 2.75) is 25.8 Å². The second kappa shape index (κ2) is 12.6. The number of hydrogen-bond acceptors (Lipinski definition) is 9. The number of allylic oxidation sites excluding steroid dienone is 1. The zero-order chi connectivity index (χ0) is 26.1. The molecule has 0 fully saturated rings. The summed E-state index contributed by atoms with van der Waals surface area (Å²) in [5.41, 5.74) is 7.89. The number of rotatable bonds is 8. The van der Waals surface area contributed by atoms with E-state index < -0.39 is 0 Å². The first kappa shape index (κ1) is 26.5. The molecule has 10 heteroatoms. The molecule has 1 heterocycles. The number of aryl methyl sites for hydroxylation is 1. The molecule has 2 aromatic carbocycles. The normalized spacial score (nSPS) is 17.6. The largest absolute Gasteiger partial charge is 0.493 e. The van der Waals surface area contributed by atoms with Crippen LogP contribution < -0.4 is 34.7 Å². The van der Waals surface area contributed by atoms with E-state index in [0.29, 0.717) is 29.5 Å². The monoisotopic (exact) mass is 500 g/mol. The summed E-state index contributed by atoms with van der Waals surface area (Å²) in [7, 11) is 4.77. The standard InChI is InChI=1S/C17H20N2O5.C9H12O3/c1-2-13(18)17(21)19-16-11(7-22-8-20)4-3-10-5-14-15(6-12(10)16)24-9-23-14;1-10-7-5-4-6-8(11-2)9(7)12-3/h2,5-6,8,11,16H,3-4,7,9,18H2,1H3,(H,19,21);4-6H,1-3H3/b13-2-;. The highest BCUT2D eigenvalue weighted by molar-refractivity contribution is 5.92. The Hall–Kier alpha value is -4.08. The number of nitrogens with one attached hydrogen (secondary N) is 1. The van der Waals surface area contributed by atoms with Gasteiger partial charge in [-0.15, -0.1) is 0 Å². The maximum Gasteiger partial charge on any atom is 0.293 e. The number of methoxy groups -OCH3 is 3. The SMILES string of the molecule is C/C=C(\N)C(=O)NC1c2cc3c(cc2CCC1COC=O)OCO3.COc1cccc(OC)c1OC. The van der Waals surface area contributed by atoms with E-state index in [2.05, 4.69) is 5.32 Å². The molecule has 0 radical (unpaired) electrons. The minimum atomic E-state index is -0.343. The lowest BCUT2D eigenvalue weighted by Crippen LogP contribution is -2.40. The van der Waals surface area contributed by atoms with Crippen molar-refractivity contribution in [2.75, 3.05) is 34.7 Å². The molecule has 4 rings (SSSR count). The van der Waals surface area contributed by atoms with E-state index in [0.717, 1.165) is 29.7 Å². The number of nitrogens with two attached hydrogens (primary N) is 1. The van der Waals surface area contributed by atoms with E-state index in [4.69, 9.17) is 34.2 Å². The van der Waals surface area contributed by atoms with Crippen molar-refractivity contribution in [3.05, 3.63) is 53.2 Å². The van der Waals surface area contributed by atoms with E-state index in [1.807, 2.05) is 30.3 Å². The summed E-state index contributed by atoms with van der Waals surface area (Å²) >= 11 is 0. The Morgan fingerprint density at radius 2 is 1.78 bits per heavy atom. The summed E-state index contributed by atoms with van der Waals surface area (Å²) < 4.78 is 31.1. The van der Waals surface area contributed by atoms with Gasteiger partial charge in [-0.3, -0.25) is 9.59 Å². The van der Waals surface area contributed by atoms with Crippen molar-refractivity contribution in [3.63, 3.8) is 0 Å². The first-order chi connectivity index (χ1) is 17.5. The fourth-order valence-electron chi connectivity index (χ4n) is 4.18. The highest BCUT2D eigenvalue weighted by Crippen LogP contribution is 2.42. The molecule has 0 saturated carbocycles. The third-order valence-electron chi connectivity index (χ3n) is 6.05. The molecule has 2 aliphatic rings. The van der Waals surface area contributed by atoms with Crippen molar-refractivity contribution in [3.8, 4) is 28.7 Å². The molecular formula is C26H32N2O8. The fourth-order valence-corrected chi connectivity index (χ4v) is 4.18. The lowest BCUT2D eigenvalue weighted by atomic mass is 9.79. The van der Waals surface area contributed by atoms with E-state index in [9.17, 15) is 9.59 Å². The Balaban J connectivity index is 0.000000253. The fraction of sp³-hybridized carbons (Fsp3) is 0.385. The van der Waals surface area contributed by atoms with Gasteiger partial charge in [0.05, 0.1) is 39.7 Å². The average molecular weight is 501 g/mol. The van der Waals surface area contributed by atoms with Gasteiger partial charge in [0.25, 0.3) is 12.4 Å². The summed E-state index contributed by atoms with van der Waals surface area (Å²) in [5.74, 6) is 2.98. The van der Waals surface area contributed by atoms with Gasteiger partial charge in [-0.25, -0.2) is 0 Å². The van der Waals surface area contributed by atoms with Gasteiger partial charge < -0.3 is 39.5 Å². The Labute approximate surface area is 210 Å². The lowest BCUT2D eigenvalue weighted by Gasteiger charge is -2.33. The van der Waals surface area contributed by atoms with Crippen LogP contribution in [0.25, 0.3) is 0 Å². The van der Waals surface area contributed by atoms with Gasteiger partial charge in [0, 0.05) is 5.92 Å². The second-order valence-electron chi connectivity index (χ2n) is 8.02. The summed E-state index contributed by atoms with van der Waals surface area (Å²) in [4.78, 5) is 22.8. The average Bonchev–Trinajstić information content (AvgIpc) is 3.38. The maximum absolute atomic E-state index is 12.2. The summed E-state index contributed by atoms with van der Waals surface area (Å²) in [6.45, 7) is 2.56. The predicted molar refractivity (Wildman–Crippen MR) is 131 cm³/mol. The number of ether oxygens (including phenoxy) is 6. The molecule has 1 aliphatic heterocycles. The van der Waals surface area contributed by atoms with Crippen molar-refractivity contribution < 1.29 is 38.0 Å². The van der Waals surface area contributed by atoms with Crippen LogP contribution in [-0.2, 0) is 20.7 Å². The van der Waals surface area contributed by atoms with Crippen LogP contribution in [0.5, 0.6) is 28.7 Å². The van der Waals surface area contributed by atoms with Gasteiger partial charge >= 0.3 is 0 Å². The Kier molecular flexibility index (Phi) is 9.26. The van der Waals surface area contributed by atoms with E-state index in [-0.39, 0.29) is 37.0 Å². The smallest absolute Gasteiger partial charge is 0.293 e. The molecule has 0 bridgehead atoms. The molecule has 3 N–H and O–H groups in total. The topological polar surface area (TPSA) is 128 Å². The van der Waals surface area contributed by atoms with Gasteiger partial charge in [-0.1, -0.05) is 12.1 Å². The molecule has 194 valence electrons. The second-order valence-corrected chi connectivity index (χ2v) is 8.02. The highest BCUT2D eigenvalue weighted by Gasteiger charge is 2.33. The number of carbonyl (C=O) groups excluding carboxylic acids is 2. The molecule has 2 unspecified atom stereocenters. The van der Waals surface area contributed by atoms with Crippen molar-refractivity contribution in [2.24, 2.45) is 11.7 Å². The van der Waals surface area contributed by atoms with Crippen LogP contribution in [-0.4, -0.2) is 47.1 Å². The number of amides is 1. The van der Waals surface area contributed by atoms with Crippen LogP contribution in [0, 0.1) is 5.92 Å². The molecule has 1 amide bonds. The van der Waals surface area contributed by atoms with Crippen LogP contribution in [0.1, 0.15) is 30.5 Å². The number of fused-ring (bicyclic) bond motifs is 2. The van der Waals surface area contributed by atoms with Crippen LogP contribution >= 0.6 is 0 Å². The first-order valence-corrected chi connectivity index (χ1v) is 11.4. The van der Waals surface area contributed by atoms with E-state index in [1.54, 1.807) is 34.3 Å². The molecule has 0 saturated heterocycles. The third kappa shape index (κ3) is 5.94. The summed E-state index contributed by atoms with van der Waals surface area (Å²) in [5, 5.41) is 2.95. The molecule has 2 aromatic rings. The Morgan fingerprint density at radius 1 is 1.11 bits per heavy atom. The molecule has 2 atom stereocenters. The number of para-hydroxylation sites is 1. The molecular weight excluding hydrogens is 468 g/mol. The van der Waals surface area contributed by atoms with Gasteiger partial charge in [-0.2, -0.15) is 0 Å². The number of benzene rings is 2. The minimum Gasteiger partial charge on any atom is -0.493 e. The number of carbonyl (C=O) groups is 2. The lowest BCUT2D eigenvalue weighted by molar-refractivity contribution is -0.130. The zero-order valence-corrected chi connectivity index (χ0v) is 20.9. The van der Waals surface area contributed by atoms with Crippen LogP contribution in [0.3, 0.4) is 0 Å². The molecule has 1 aliphatic carbocycles. The van der Waals surface area contributed by atoms with Crippen molar-refractivity contribution in [1.82, 2.24) is 5.32 Å². The third-order valence-corrected chi connectivity index (χ3v) is 6.05. The summed E-state index contributed by atoms with van der Waals surface area (Å²) in [6.07, 6.45) is 3.14. The molecule has 10 nitrogen and oxygen atoms in total. The predicted octanol–water partition coefficient (Wildman–Crippen LogP) is 2.88. The minimum absolute atomic E-state index is 0.0309. The Morgan fingerprint density at radius 3 is 2.36 bits per heavy atom. The van der Waals surface area contributed by atoms with Gasteiger partial charge in [0.1, 0.15) is 0 Å². The van der Waals surface area contributed by atoms with Gasteiger partial charge in [-0.05, 0) is 55.2 Å². The van der Waals surface area contributed by atoms with Crippen molar-refractivity contribution >= 4 is 12.4 Å². The summed E-state index contributed by atoms with van der Waals surface area (Å²) in [6, 6.07) is 9.02. The maximum atomic E-state index is 12.2. The van der Waals surface area contributed by atoms with Crippen molar-refractivity contribution in [1.29, 1.82) is 0 Å². The zero-order valence-electron chi connectivity index (χ0n) is 20.9. The van der Waals surface area contributed by atoms with Gasteiger partial charge in [0.15, 0.2) is 23.0 Å². The van der Waals surface area contributed by atoms with E-state index >= 15 is 0 Å². The molecule has 0 spiro atoms. The quantitative estimate of drug-likeness (QED) is 0.415. The van der Waals surface area contributed by atoms with Crippen LogP contribution in [0.15, 0.2) is 42.1 Å². The Bertz CT molecular complexity index is 1080. The highest BCUT2D eigenvalue weighted by atomic mass is 16.7. The van der Waals surface area contributed by atoms with E-state index in [1.165, 1.54) is 0 Å². The van der Waals surface area contributed by atoms with Crippen LogP contribution in [0.4, 0.5) is 0 Å². The number of hydrogen-bond donors (Lipinski definition) is 2. The van der Waals surface area contributed by atoms with Crippen LogP contribution in [0.2, 0.25) is 0 Å².